The van der Waals surface area contributed by atoms with Gasteiger partial charge in [0, 0.05) is 6.54 Å². The summed E-state index contributed by atoms with van der Waals surface area (Å²) in [5, 5.41) is 2.93. The Hall–Kier alpha value is -0.130. The summed E-state index contributed by atoms with van der Waals surface area (Å²) in [6.45, 7) is 7.57. The molecule has 0 saturated heterocycles. The molecule has 92 valence electrons. The lowest BCUT2D eigenvalue weighted by Crippen LogP contribution is -2.30. The van der Waals surface area contributed by atoms with Gasteiger partial charge in [0.2, 0.25) is 10.0 Å². The van der Waals surface area contributed by atoms with Gasteiger partial charge in [-0.25, -0.2) is 13.1 Å². The van der Waals surface area contributed by atoms with Crippen molar-refractivity contribution in [2.45, 2.75) is 33.6 Å². The summed E-state index contributed by atoms with van der Waals surface area (Å²) in [5.41, 5.74) is 0.174. The Morgan fingerprint density at radius 1 is 1.13 bits per heavy atom. The number of rotatable bonds is 7. The maximum Gasteiger partial charge on any atom is 0.211 e. The van der Waals surface area contributed by atoms with Crippen LogP contribution in [0.2, 0.25) is 0 Å². The fourth-order valence-electron chi connectivity index (χ4n) is 1.09. The molecule has 4 nitrogen and oxygen atoms in total. The van der Waals surface area contributed by atoms with Gasteiger partial charge in [0.05, 0.1) is 5.75 Å². The zero-order valence-electron chi connectivity index (χ0n) is 10.3. The SMILES string of the molecule is CNCCCS(=O)(=O)NCCC(C)(C)C. The van der Waals surface area contributed by atoms with E-state index in [-0.39, 0.29) is 11.2 Å². The summed E-state index contributed by atoms with van der Waals surface area (Å²) >= 11 is 0. The second-order valence-corrected chi connectivity index (χ2v) is 6.91. The molecule has 0 aliphatic carbocycles. The van der Waals surface area contributed by atoms with Gasteiger partial charge in [0.1, 0.15) is 0 Å². The highest BCUT2D eigenvalue weighted by molar-refractivity contribution is 7.89. The molecule has 0 aromatic heterocycles. The van der Waals surface area contributed by atoms with E-state index in [1.54, 1.807) is 0 Å². The number of hydrogen-bond acceptors (Lipinski definition) is 3. The van der Waals surface area contributed by atoms with Crippen molar-refractivity contribution in [1.29, 1.82) is 0 Å². The van der Waals surface area contributed by atoms with Crippen LogP contribution in [0.15, 0.2) is 0 Å². The summed E-state index contributed by atoms with van der Waals surface area (Å²) in [4.78, 5) is 0. The summed E-state index contributed by atoms with van der Waals surface area (Å²) in [6, 6.07) is 0. The minimum atomic E-state index is -3.07. The Balaban J connectivity index is 3.75. The molecule has 0 radical (unpaired) electrons. The number of nitrogens with one attached hydrogen (secondary N) is 2. The Bertz CT molecular complexity index is 255. The van der Waals surface area contributed by atoms with Crippen LogP contribution >= 0.6 is 0 Å². The van der Waals surface area contributed by atoms with Gasteiger partial charge in [0.25, 0.3) is 0 Å². The first kappa shape index (κ1) is 14.9. The van der Waals surface area contributed by atoms with Crippen LogP contribution in [0.3, 0.4) is 0 Å². The monoisotopic (exact) mass is 236 g/mol. The third-order valence-corrected chi connectivity index (χ3v) is 3.51. The summed E-state index contributed by atoms with van der Waals surface area (Å²) in [6.07, 6.45) is 1.51. The van der Waals surface area contributed by atoms with Crippen molar-refractivity contribution in [3.8, 4) is 0 Å². The van der Waals surface area contributed by atoms with Gasteiger partial charge in [0.15, 0.2) is 0 Å². The van der Waals surface area contributed by atoms with Crippen LogP contribution in [0.1, 0.15) is 33.6 Å². The van der Waals surface area contributed by atoms with Gasteiger partial charge >= 0.3 is 0 Å². The van der Waals surface area contributed by atoms with Crippen molar-refractivity contribution in [3.63, 3.8) is 0 Å². The first-order valence-corrected chi connectivity index (χ1v) is 7.04. The maximum absolute atomic E-state index is 11.5. The van der Waals surface area contributed by atoms with E-state index in [4.69, 9.17) is 0 Å². The fourth-order valence-corrected chi connectivity index (χ4v) is 2.17. The molecule has 0 heterocycles. The normalized spacial score (nSPS) is 13.1. The van der Waals surface area contributed by atoms with Crippen LogP contribution in [-0.2, 0) is 10.0 Å². The molecule has 0 aliphatic heterocycles. The number of sulfonamides is 1. The molecule has 0 aromatic carbocycles. The van der Waals surface area contributed by atoms with Crippen LogP contribution in [0.5, 0.6) is 0 Å². The minimum absolute atomic E-state index is 0.174. The van der Waals surface area contributed by atoms with Crippen LogP contribution in [0, 0.1) is 5.41 Å². The van der Waals surface area contributed by atoms with Crippen LogP contribution < -0.4 is 10.0 Å². The van der Waals surface area contributed by atoms with Crippen molar-refractivity contribution in [2.24, 2.45) is 5.41 Å². The van der Waals surface area contributed by atoms with Crippen LogP contribution in [0.25, 0.3) is 0 Å². The van der Waals surface area contributed by atoms with E-state index >= 15 is 0 Å². The Labute approximate surface area is 93.9 Å². The average Bonchev–Trinajstić information content (AvgIpc) is 2.01. The largest absolute Gasteiger partial charge is 0.320 e. The lowest BCUT2D eigenvalue weighted by molar-refractivity contribution is 0.378. The fraction of sp³-hybridized carbons (Fsp3) is 1.00. The highest BCUT2D eigenvalue weighted by atomic mass is 32.2. The summed E-state index contributed by atoms with van der Waals surface area (Å²) in [5.74, 6) is 0.206. The highest BCUT2D eigenvalue weighted by Gasteiger charge is 2.13. The van der Waals surface area contributed by atoms with Gasteiger partial charge < -0.3 is 5.32 Å². The molecule has 0 aliphatic rings. The predicted octanol–water partition coefficient (Wildman–Crippen LogP) is 0.952. The van der Waals surface area contributed by atoms with E-state index in [9.17, 15) is 8.42 Å². The van der Waals surface area contributed by atoms with E-state index in [2.05, 4.69) is 30.8 Å². The third kappa shape index (κ3) is 10.2. The van der Waals surface area contributed by atoms with Gasteiger partial charge in [-0.05, 0) is 31.8 Å². The molecule has 0 bridgehead atoms. The van der Waals surface area contributed by atoms with Gasteiger partial charge in [-0.15, -0.1) is 0 Å². The van der Waals surface area contributed by atoms with Crippen molar-refractivity contribution in [2.75, 3.05) is 25.9 Å². The molecule has 0 atom stereocenters. The number of hydrogen-bond donors (Lipinski definition) is 2. The van der Waals surface area contributed by atoms with E-state index in [1.165, 1.54) is 0 Å². The van der Waals surface area contributed by atoms with Gasteiger partial charge in [-0.2, -0.15) is 0 Å². The first-order valence-electron chi connectivity index (χ1n) is 5.39. The highest BCUT2D eigenvalue weighted by Crippen LogP contribution is 2.17. The maximum atomic E-state index is 11.5. The van der Waals surface area contributed by atoms with Crippen molar-refractivity contribution in [1.82, 2.24) is 10.0 Å². The molecule has 15 heavy (non-hydrogen) atoms. The van der Waals surface area contributed by atoms with E-state index < -0.39 is 10.0 Å². The van der Waals surface area contributed by atoms with Crippen molar-refractivity contribution < 1.29 is 8.42 Å². The molecule has 0 fully saturated rings. The Morgan fingerprint density at radius 2 is 1.73 bits per heavy atom. The molecule has 0 spiro atoms. The summed E-state index contributed by atoms with van der Waals surface area (Å²) in [7, 11) is -1.25. The lowest BCUT2D eigenvalue weighted by Gasteiger charge is -2.18. The Kier molecular flexibility index (Phi) is 6.40. The van der Waals surface area contributed by atoms with Crippen LogP contribution in [0.4, 0.5) is 0 Å². The molecule has 0 rings (SSSR count). The minimum Gasteiger partial charge on any atom is -0.320 e. The topological polar surface area (TPSA) is 58.2 Å². The zero-order chi connectivity index (χ0) is 11.9. The molecular formula is C10H24N2O2S. The average molecular weight is 236 g/mol. The van der Waals surface area contributed by atoms with Crippen molar-refractivity contribution >= 4 is 10.0 Å². The second-order valence-electron chi connectivity index (χ2n) is 4.98. The molecule has 2 N–H and O–H groups in total. The zero-order valence-corrected chi connectivity index (χ0v) is 11.1. The molecule has 0 unspecified atom stereocenters. The van der Waals surface area contributed by atoms with E-state index in [0.29, 0.717) is 13.0 Å². The molecule has 0 aromatic rings. The van der Waals surface area contributed by atoms with E-state index in [0.717, 1.165) is 13.0 Å². The lowest BCUT2D eigenvalue weighted by atomic mass is 9.93. The quantitative estimate of drug-likeness (QED) is 0.647. The summed E-state index contributed by atoms with van der Waals surface area (Å²) < 4.78 is 25.5. The third-order valence-electron chi connectivity index (χ3n) is 2.04. The van der Waals surface area contributed by atoms with Gasteiger partial charge in [-0.3, -0.25) is 0 Å². The molecular weight excluding hydrogens is 212 g/mol. The standard InChI is InChI=1S/C10H24N2O2S/c1-10(2,3)6-8-12-15(13,14)9-5-7-11-4/h11-12H,5-9H2,1-4H3. The van der Waals surface area contributed by atoms with E-state index in [1.807, 2.05) is 7.05 Å². The molecule has 0 saturated carbocycles. The molecule has 5 heteroatoms. The van der Waals surface area contributed by atoms with Crippen molar-refractivity contribution in [3.05, 3.63) is 0 Å². The predicted molar refractivity (Wildman–Crippen MR) is 64.4 cm³/mol. The van der Waals surface area contributed by atoms with Crippen LogP contribution in [-0.4, -0.2) is 34.3 Å². The second kappa shape index (κ2) is 6.45. The molecule has 0 amide bonds. The smallest absolute Gasteiger partial charge is 0.211 e. The first-order chi connectivity index (χ1) is 6.77. The Morgan fingerprint density at radius 3 is 2.20 bits per heavy atom. The van der Waals surface area contributed by atoms with Gasteiger partial charge in [-0.1, -0.05) is 20.8 Å².